The molecule has 0 atom stereocenters. The maximum Gasteiger partial charge on any atom is 0.337 e. The Morgan fingerprint density at radius 1 is 1.62 bits per heavy atom. The number of ether oxygens (including phenoxy) is 1. The highest BCUT2D eigenvalue weighted by atomic mass is 35.5. The normalized spacial score (nSPS) is 9.77. The van der Waals surface area contributed by atoms with Crippen molar-refractivity contribution in [3.05, 3.63) is 28.5 Å². The summed E-state index contributed by atoms with van der Waals surface area (Å²) < 4.78 is 17.6. The van der Waals surface area contributed by atoms with Gasteiger partial charge in [0.05, 0.1) is 17.7 Å². The number of aromatic carboxylic acids is 1. The molecule has 0 fully saturated rings. The third kappa shape index (κ3) is 1.89. The molecule has 1 aromatic carbocycles. The summed E-state index contributed by atoms with van der Waals surface area (Å²) in [5.41, 5.74) is -0.307. The Morgan fingerprint density at radius 2 is 2.23 bits per heavy atom. The van der Waals surface area contributed by atoms with Crippen LogP contribution in [0.25, 0.3) is 0 Å². The first-order chi connectivity index (χ1) is 6.06. The van der Waals surface area contributed by atoms with E-state index >= 15 is 0 Å². The summed E-state index contributed by atoms with van der Waals surface area (Å²) in [6.07, 6.45) is 0. The highest BCUT2D eigenvalue weighted by Gasteiger charge is 2.14. The van der Waals surface area contributed by atoms with Crippen LogP contribution in [-0.2, 0) is 0 Å². The zero-order valence-electron chi connectivity index (χ0n) is 6.67. The van der Waals surface area contributed by atoms with Crippen LogP contribution in [0.1, 0.15) is 10.4 Å². The summed E-state index contributed by atoms with van der Waals surface area (Å²) >= 11 is 5.41. The molecular weight excluding hydrogens is 199 g/mol. The van der Waals surface area contributed by atoms with Gasteiger partial charge < -0.3 is 9.84 Å². The van der Waals surface area contributed by atoms with Gasteiger partial charge >= 0.3 is 5.97 Å². The lowest BCUT2D eigenvalue weighted by atomic mass is 10.2. The maximum absolute atomic E-state index is 12.9. The van der Waals surface area contributed by atoms with Crippen LogP contribution in [0.5, 0.6) is 5.75 Å². The molecule has 0 saturated heterocycles. The number of halogens is 2. The molecule has 0 aliphatic heterocycles. The molecule has 0 amide bonds. The average Bonchev–Trinajstić information content (AvgIpc) is 2.09. The topological polar surface area (TPSA) is 46.5 Å². The van der Waals surface area contributed by atoms with Gasteiger partial charge in [-0.1, -0.05) is 11.6 Å². The molecule has 70 valence electrons. The van der Waals surface area contributed by atoms with E-state index in [-0.39, 0.29) is 11.3 Å². The van der Waals surface area contributed by atoms with E-state index in [2.05, 4.69) is 4.74 Å². The van der Waals surface area contributed by atoms with Crippen molar-refractivity contribution < 1.29 is 19.0 Å². The molecule has 0 heterocycles. The van der Waals surface area contributed by atoms with Crippen molar-refractivity contribution in [1.29, 1.82) is 0 Å². The number of hydrogen-bond donors (Lipinski definition) is 1. The molecule has 1 N–H and O–H groups in total. The van der Waals surface area contributed by atoms with Gasteiger partial charge in [0.25, 0.3) is 0 Å². The Labute approximate surface area is 78.7 Å². The van der Waals surface area contributed by atoms with Gasteiger partial charge in [0.1, 0.15) is 11.6 Å². The lowest BCUT2D eigenvalue weighted by molar-refractivity contribution is 0.0696. The van der Waals surface area contributed by atoms with E-state index in [4.69, 9.17) is 16.7 Å². The number of methoxy groups -OCH3 is 1. The Bertz CT molecular complexity index is 351. The van der Waals surface area contributed by atoms with Gasteiger partial charge in [-0.05, 0) is 6.07 Å². The quantitative estimate of drug-likeness (QED) is 0.803. The third-order valence-electron chi connectivity index (χ3n) is 1.47. The predicted octanol–water partition coefficient (Wildman–Crippen LogP) is 2.19. The van der Waals surface area contributed by atoms with Crippen LogP contribution in [0.2, 0.25) is 5.02 Å². The minimum Gasteiger partial charge on any atom is -0.497 e. The Kier molecular flexibility index (Phi) is 2.72. The van der Waals surface area contributed by atoms with Crippen LogP contribution in [0.3, 0.4) is 0 Å². The van der Waals surface area contributed by atoms with E-state index in [1.807, 2.05) is 0 Å². The van der Waals surface area contributed by atoms with Crippen molar-refractivity contribution in [1.82, 2.24) is 0 Å². The first kappa shape index (κ1) is 9.80. The second-order valence-corrected chi connectivity index (χ2v) is 2.65. The average molecular weight is 205 g/mol. The number of hydrogen-bond acceptors (Lipinski definition) is 2. The molecule has 0 bridgehead atoms. The summed E-state index contributed by atoms with van der Waals surface area (Å²) in [5, 5.41) is 8.19. The standard InChI is InChI=1S/C8H6ClFO3/c1-13-4-2-5(8(11)12)7(9)6(10)3-4/h2-3H,1H3,(H,11,12). The molecule has 5 heteroatoms. The van der Waals surface area contributed by atoms with E-state index in [1.54, 1.807) is 0 Å². The summed E-state index contributed by atoms with van der Waals surface area (Å²) in [7, 11) is 1.31. The van der Waals surface area contributed by atoms with Gasteiger partial charge in [-0.3, -0.25) is 0 Å². The lowest BCUT2D eigenvalue weighted by Gasteiger charge is -2.04. The molecule has 0 aliphatic carbocycles. The number of rotatable bonds is 2. The molecule has 1 rings (SSSR count). The summed E-state index contributed by atoms with van der Waals surface area (Å²) in [6, 6.07) is 2.18. The van der Waals surface area contributed by atoms with Gasteiger partial charge in [0, 0.05) is 6.07 Å². The zero-order valence-corrected chi connectivity index (χ0v) is 7.43. The number of carboxylic acid groups (broad SMARTS) is 1. The smallest absolute Gasteiger partial charge is 0.337 e. The molecule has 0 unspecified atom stereocenters. The van der Waals surface area contributed by atoms with Crippen molar-refractivity contribution in [2.24, 2.45) is 0 Å². The van der Waals surface area contributed by atoms with Crippen LogP contribution in [0.4, 0.5) is 4.39 Å². The minimum atomic E-state index is -1.29. The largest absolute Gasteiger partial charge is 0.497 e. The Hall–Kier alpha value is -1.29. The van der Waals surface area contributed by atoms with E-state index in [1.165, 1.54) is 7.11 Å². The number of benzene rings is 1. The van der Waals surface area contributed by atoms with Gasteiger partial charge in [-0.25, -0.2) is 9.18 Å². The van der Waals surface area contributed by atoms with E-state index in [0.29, 0.717) is 0 Å². The summed E-state index contributed by atoms with van der Waals surface area (Å²) in [5.74, 6) is -1.97. The number of carbonyl (C=O) groups is 1. The molecule has 0 aliphatic rings. The molecule has 0 radical (unpaired) electrons. The van der Waals surface area contributed by atoms with Crippen molar-refractivity contribution in [3.63, 3.8) is 0 Å². The third-order valence-corrected chi connectivity index (χ3v) is 1.85. The van der Waals surface area contributed by atoms with Crippen molar-refractivity contribution in [3.8, 4) is 5.75 Å². The summed E-state index contributed by atoms with van der Waals surface area (Å²) in [4.78, 5) is 10.5. The predicted molar refractivity (Wildman–Crippen MR) is 44.9 cm³/mol. The molecule has 3 nitrogen and oxygen atoms in total. The molecule has 0 aromatic heterocycles. The maximum atomic E-state index is 12.9. The number of carboxylic acids is 1. The first-order valence-electron chi connectivity index (χ1n) is 3.32. The van der Waals surface area contributed by atoms with Crippen molar-refractivity contribution in [2.45, 2.75) is 0 Å². The fourth-order valence-corrected chi connectivity index (χ4v) is 1.03. The van der Waals surface area contributed by atoms with Crippen LogP contribution in [-0.4, -0.2) is 18.2 Å². The second-order valence-electron chi connectivity index (χ2n) is 2.28. The van der Waals surface area contributed by atoms with Crippen LogP contribution in [0, 0.1) is 5.82 Å². The zero-order chi connectivity index (χ0) is 10.0. The SMILES string of the molecule is COc1cc(F)c(Cl)c(C(=O)O)c1. The van der Waals surface area contributed by atoms with Crippen molar-refractivity contribution in [2.75, 3.05) is 7.11 Å². The highest BCUT2D eigenvalue weighted by Crippen LogP contribution is 2.25. The lowest BCUT2D eigenvalue weighted by Crippen LogP contribution is -2.00. The monoisotopic (exact) mass is 204 g/mol. The highest BCUT2D eigenvalue weighted by molar-refractivity contribution is 6.33. The van der Waals surface area contributed by atoms with E-state index in [9.17, 15) is 9.18 Å². The molecule has 1 aromatic rings. The van der Waals surface area contributed by atoms with Crippen LogP contribution >= 0.6 is 11.6 Å². The second kappa shape index (κ2) is 3.62. The fourth-order valence-electron chi connectivity index (χ4n) is 0.838. The van der Waals surface area contributed by atoms with Gasteiger partial charge in [-0.2, -0.15) is 0 Å². The molecule has 0 spiro atoms. The molecule has 0 saturated carbocycles. The van der Waals surface area contributed by atoms with Crippen molar-refractivity contribution >= 4 is 17.6 Å². The van der Waals surface area contributed by atoms with Crippen LogP contribution < -0.4 is 4.74 Å². The Morgan fingerprint density at radius 3 is 2.69 bits per heavy atom. The minimum absolute atomic E-state index is 0.124. The van der Waals surface area contributed by atoms with Crippen LogP contribution in [0.15, 0.2) is 12.1 Å². The van der Waals surface area contributed by atoms with Gasteiger partial charge in [-0.15, -0.1) is 0 Å². The van der Waals surface area contributed by atoms with Gasteiger partial charge in [0.15, 0.2) is 0 Å². The summed E-state index contributed by atoms with van der Waals surface area (Å²) in [6.45, 7) is 0. The molecular formula is C8H6ClFO3. The van der Waals surface area contributed by atoms with E-state index < -0.39 is 16.8 Å². The van der Waals surface area contributed by atoms with Gasteiger partial charge in [0.2, 0.25) is 0 Å². The molecule has 13 heavy (non-hydrogen) atoms. The Balaban J connectivity index is 3.33. The fraction of sp³-hybridized carbons (Fsp3) is 0.125. The van der Waals surface area contributed by atoms with E-state index in [0.717, 1.165) is 12.1 Å². The first-order valence-corrected chi connectivity index (χ1v) is 3.70.